The van der Waals surface area contributed by atoms with Gasteiger partial charge in [-0.25, -0.2) is 24.2 Å². The third-order valence-corrected chi connectivity index (χ3v) is 9.61. The maximum Gasteiger partial charge on any atom is 0.343 e. The molecule has 0 saturated carbocycles. The van der Waals surface area contributed by atoms with E-state index in [4.69, 9.17) is 38.1 Å². The summed E-state index contributed by atoms with van der Waals surface area (Å²) < 4.78 is 39.2. The molecular weight excluding hydrogens is 793 g/mol. The molecule has 0 amide bonds. The largest absolute Gasteiger partial charge is 0.491 e. The Hall–Kier alpha value is -7.41. The number of esters is 4. The molecule has 0 N–H and O–H groups in total. The van der Waals surface area contributed by atoms with Crippen LogP contribution >= 0.6 is 11.3 Å². The van der Waals surface area contributed by atoms with Crippen LogP contribution in [0, 0.1) is 11.3 Å². The van der Waals surface area contributed by atoms with E-state index in [1.54, 1.807) is 48.5 Å². The first-order valence-corrected chi connectivity index (χ1v) is 19.0. The molecule has 0 spiro atoms. The van der Waals surface area contributed by atoms with E-state index < -0.39 is 36.1 Å². The smallest absolute Gasteiger partial charge is 0.343 e. The molecule has 14 nitrogen and oxygen atoms in total. The molecule has 15 heteroatoms. The molecule has 0 saturated heterocycles. The Morgan fingerprint density at radius 2 is 1.28 bits per heavy atom. The molecule has 1 heterocycles. The Morgan fingerprint density at radius 1 is 0.717 bits per heavy atom. The Morgan fingerprint density at radius 3 is 1.83 bits per heavy atom. The second-order valence-corrected chi connectivity index (χ2v) is 13.6. The van der Waals surface area contributed by atoms with E-state index in [1.807, 2.05) is 0 Å². The van der Waals surface area contributed by atoms with Crippen LogP contribution in [0.4, 0.5) is 0 Å². The molecule has 60 heavy (non-hydrogen) atoms. The van der Waals surface area contributed by atoms with Crippen molar-refractivity contribution in [2.45, 2.75) is 25.0 Å². The quantitative estimate of drug-likeness (QED) is 0.0404. The molecule has 0 aliphatic carbocycles. The zero-order valence-electron chi connectivity index (χ0n) is 32.3. The maximum atomic E-state index is 13.4. The fourth-order valence-electron chi connectivity index (χ4n) is 5.22. The number of rotatable bonds is 21. The van der Waals surface area contributed by atoms with Gasteiger partial charge in [-0.3, -0.25) is 4.79 Å². The van der Waals surface area contributed by atoms with Crippen molar-refractivity contribution >= 4 is 51.2 Å². The number of aromatic nitrogens is 1. The number of thiazole rings is 1. The lowest BCUT2D eigenvalue weighted by molar-refractivity contribution is -0.145. The summed E-state index contributed by atoms with van der Waals surface area (Å²) >= 11 is 1.20. The number of hydrogen-bond donors (Lipinski definition) is 0. The van der Waals surface area contributed by atoms with Crippen molar-refractivity contribution in [3.05, 3.63) is 140 Å². The van der Waals surface area contributed by atoms with Crippen LogP contribution in [0.1, 0.15) is 39.1 Å². The number of ether oxygens (including phenoxy) is 7. The molecule has 5 aromatic rings. The second-order valence-electron chi connectivity index (χ2n) is 12.6. The van der Waals surface area contributed by atoms with Crippen LogP contribution in [0.15, 0.2) is 123 Å². The molecule has 2 atom stereocenters. The highest BCUT2D eigenvalue weighted by Crippen LogP contribution is 2.41. The van der Waals surface area contributed by atoms with Crippen molar-refractivity contribution in [1.82, 2.24) is 4.98 Å². The number of carbonyl (C=O) groups excluding carboxylic acids is 5. The predicted octanol–water partition coefficient (Wildman–Crippen LogP) is 7.41. The third-order valence-electron chi connectivity index (χ3n) is 8.49. The van der Waals surface area contributed by atoms with Gasteiger partial charge in [-0.05, 0) is 85.3 Å². The Bertz CT molecular complexity index is 2420. The zero-order valence-corrected chi connectivity index (χ0v) is 33.1. The van der Waals surface area contributed by atoms with Gasteiger partial charge in [0.25, 0.3) is 0 Å². The van der Waals surface area contributed by atoms with E-state index in [2.05, 4.69) is 25.8 Å². The SMILES string of the molecule is C=CC(=O)CCC(COc1ccc(C(=O)Oc2ccc(OC(=O)c3ccc(OCC(COC(=O)C=C)OC)cc3)c3sc(-c4ccc(C#N)cc4)nc23)cc1)OC(=O)C=C. The minimum Gasteiger partial charge on any atom is -0.491 e. The van der Waals surface area contributed by atoms with Gasteiger partial charge in [-0.1, -0.05) is 31.9 Å². The van der Waals surface area contributed by atoms with E-state index in [1.165, 1.54) is 60.9 Å². The van der Waals surface area contributed by atoms with Crippen molar-refractivity contribution in [3.63, 3.8) is 0 Å². The van der Waals surface area contributed by atoms with Crippen molar-refractivity contribution in [3.8, 4) is 39.6 Å². The fraction of sp³-hybridized carbons (Fsp3) is 0.178. The van der Waals surface area contributed by atoms with Gasteiger partial charge < -0.3 is 33.2 Å². The summed E-state index contributed by atoms with van der Waals surface area (Å²) in [5, 5.41) is 9.79. The maximum absolute atomic E-state index is 13.4. The summed E-state index contributed by atoms with van der Waals surface area (Å²) in [7, 11) is 1.46. The number of benzene rings is 4. The number of allylic oxidation sites excluding steroid dienone is 1. The lowest BCUT2D eigenvalue weighted by Crippen LogP contribution is -2.27. The molecule has 0 radical (unpaired) electrons. The molecule has 306 valence electrons. The molecule has 2 unspecified atom stereocenters. The molecule has 0 aliphatic heterocycles. The molecule has 4 aromatic carbocycles. The molecule has 5 rings (SSSR count). The lowest BCUT2D eigenvalue weighted by atomic mass is 10.1. The number of fused-ring (bicyclic) bond motifs is 1. The van der Waals surface area contributed by atoms with Crippen LogP contribution in [0.3, 0.4) is 0 Å². The number of nitriles is 1. The first-order chi connectivity index (χ1) is 29.0. The van der Waals surface area contributed by atoms with Gasteiger partial charge in [0.2, 0.25) is 0 Å². The average Bonchev–Trinajstić information content (AvgIpc) is 3.74. The van der Waals surface area contributed by atoms with Gasteiger partial charge in [-0.2, -0.15) is 5.26 Å². The number of carbonyl (C=O) groups is 5. The fourth-order valence-corrected chi connectivity index (χ4v) is 6.25. The van der Waals surface area contributed by atoms with Crippen LogP contribution < -0.4 is 18.9 Å². The number of hydrogen-bond acceptors (Lipinski definition) is 15. The van der Waals surface area contributed by atoms with Gasteiger partial charge in [0.05, 0.1) is 22.8 Å². The van der Waals surface area contributed by atoms with Gasteiger partial charge >= 0.3 is 23.9 Å². The number of nitrogens with zero attached hydrogens (tertiary/aromatic N) is 2. The summed E-state index contributed by atoms with van der Waals surface area (Å²) in [5.74, 6) is -1.77. The van der Waals surface area contributed by atoms with Crippen LogP contribution in [-0.2, 0) is 28.6 Å². The Labute approximate surface area is 348 Å². The highest BCUT2D eigenvalue weighted by atomic mass is 32.1. The highest BCUT2D eigenvalue weighted by molar-refractivity contribution is 7.22. The van der Waals surface area contributed by atoms with Crippen molar-refractivity contribution in [2.24, 2.45) is 0 Å². The predicted molar refractivity (Wildman–Crippen MR) is 220 cm³/mol. The van der Waals surface area contributed by atoms with Gasteiger partial charge in [0.1, 0.15) is 58.8 Å². The summed E-state index contributed by atoms with van der Waals surface area (Å²) in [6, 6.07) is 24.1. The minimum absolute atomic E-state index is 0.0335. The van der Waals surface area contributed by atoms with Crippen LogP contribution in [-0.4, -0.2) is 73.8 Å². The number of methoxy groups -OCH3 is 1. The van der Waals surface area contributed by atoms with Crippen LogP contribution in [0.5, 0.6) is 23.0 Å². The molecule has 0 bridgehead atoms. The first-order valence-electron chi connectivity index (χ1n) is 18.2. The monoisotopic (exact) mass is 830 g/mol. The van der Waals surface area contributed by atoms with E-state index in [9.17, 15) is 29.2 Å². The van der Waals surface area contributed by atoms with E-state index in [0.717, 1.165) is 12.2 Å². The average molecular weight is 831 g/mol. The van der Waals surface area contributed by atoms with Crippen molar-refractivity contribution < 1.29 is 57.1 Å². The van der Waals surface area contributed by atoms with E-state index in [0.29, 0.717) is 32.3 Å². The summed E-state index contributed by atoms with van der Waals surface area (Å²) in [4.78, 5) is 66.4. The Kier molecular flexibility index (Phi) is 15.6. The Balaban J connectivity index is 1.31. The highest BCUT2D eigenvalue weighted by Gasteiger charge is 2.22. The molecule has 0 fully saturated rings. The van der Waals surface area contributed by atoms with Crippen molar-refractivity contribution in [2.75, 3.05) is 26.9 Å². The minimum atomic E-state index is -0.731. The second kappa shape index (κ2) is 21.4. The van der Waals surface area contributed by atoms with Gasteiger partial charge in [0, 0.05) is 31.2 Å². The molecular formula is C45H38N2O12S. The van der Waals surface area contributed by atoms with Crippen LogP contribution in [0.25, 0.3) is 20.8 Å². The van der Waals surface area contributed by atoms with Crippen LogP contribution in [0.2, 0.25) is 0 Å². The van der Waals surface area contributed by atoms with Crippen molar-refractivity contribution in [1.29, 1.82) is 5.26 Å². The standard InChI is InChI=1S/C45H38N2O12S/c1-5-32(48)16-21-35(57-40(50)7-3)25-54-33-17-12-30(13-18-33)44(51)58-37-22-23-38(42-41(37)47-43(60-42)29-10-8-28(24-46)9-11-29)59-45(52)31-14-19-34(20-15-31)55-26-36(53-4)27-56-39(49)6-2/h5-15,17-20,22-23,35-36H,1-3,16,21,25-27H2,4H3. The summed E-state index contributed by atoms with van der Waals surface area (Å²) in [5.41, 5.74) is 1.79. The van der Waals surface area contributed by atoms with E-state index >= 15 is 0 Å². The third kappa shape index (κ3) is 12.1. The van der Waals surface area contributed by atoms with Gasteiger partial charge in [-0.15, -0.1) is 11.3 Å². The summed E-state index contributed by atoms with van der Waals surface area (Å²) in [6.07, 6.45) is 2.32. The van der Waals surface area contributed by atoms with Gasteiger partial charge in [0.15, 0.2) is 17.3 Å². The first kappa shape index (κ1) is 43.7. The van der Waals surface area contributed by atoms with E-state index in [-0.39, 0.29) is 66.6 Å². The number of ketones is 1. The molecule has 0 aliphatic rings. The summed E-state index contributed by atoms with van der Waals surface area (Å²) in [6.45, 7) is 10.2. The molecule has 1 aromatic heterocycles. The lowest BCUT2D eigenvalue weighted by Gasteiger charge is -2.17. The normalized spacial score (nSPS) is 11.5. The zero-order chi connectivity index (χ0) is 43.0. The topological polar surface area (TPSA) is 187 Å².